The van der Waals surface area contributed by atoms with Crippen molar-refractivity contribution in [1.29, 1.82) is 0 Å². The molecular formula is C18H19N3O5S. The summed E-state index contributed by atoms with van der Waals surface area (Å²) in [6, 6.07) is 3.54. The number of ketones is 1. The Morgan fingerprint density at radius 2 is 2.00 bits per heavy atom. The summed E-state index contributed by atoms with van der Waals surface area (Å²) in [4.78, 5) is 37.8. The molecule has 2 aliphatic heterocycles. The van der Waals surface area contributed by atoms with E-state index in [4.69, 9.17) is 5.73 Å². The van der Waals surface area contributed by atoms with E-state index < -0.39 is 30.0 Å². The number of rotatable bonds is 6. The number of amides is 1. The Balaban J connectivity index is 1.79. The Labute approximate surface area is 159 Å². The number of benzene rings is 1. The van der Waals surface area contributed by atoms with E-state index in [1.165, 1.54) is 28.8 Å². The molecule has 1 fully saturated rings. The highest BCUT2D eigenvalue weighted by molar-refractivity contribution is 8.00. The van der Waals surface area contributed by atoms with Crippen LogP contribution in [0.15, 0.2) is 48.7 Å². The second kappa shape index (κ2) is 7.45. The number of nitrogens with one attached hydrogen (secondary N) is 1. The van der Waals surface area contributed by atoms with Crippen molar-refractivity contribution in [3.63, 3.8) is 0 Å². The van der Waals surface area contributed by atoms with E-state index >= 15 is 0 Å². The lowest BCUT2D eigenvalue weighted by atomic mass is 9.89. The number of phenols is 1. The van der Waals surface area contributed by atoms with Gasteiger partial charge in [-0.05, 0) is 29.8 Å². The third-order valence-corrected chi connectivity index (χ3v) is 5.82. The Bertz CT molecular complexity index is 823. The lowest BCUT2D eigenvalue weighted by molar-refractivity contribution is -0.139. The Kier molecular flexibility index (Phi) is 5.24. The Morgan fingerprint density at radius 3 is 2.59 bits per heavy atom. The van der Waals surface area contributed by atoms with E-state index in [2.05, 4.69) is 11.9 Å². The molecule has 9 heteroatoms. The van der Waals surface area contributed by atoms with Crippen LogP contribution in [0.25, 0.3) is 0 Å². The van der Waals surface area contributed by atoms with E-state index in [1.807, 2.05) is 0 Å². The van der Waals surface area contributed by atoms with Crippen molar-refractivity contribution >= 4 is 29.4 Å². The first-order valence-electron chi connectivity index (χ1n) is 8.19. The van der Waals surface area contributed by atoms with Gasteiger partial charge in [-0.2, -0.15) is 0 Å². The van der Waals surface area contributed by atoms with Gasteiger partial charge in [-0.25, -0.2) is 4.79 Å². The van der Waals surface area contributed by atoms with Gasteiger partial charge >= 0.3 is 5.97 Å². The molecule has 0 aromatic heterocycles. The molecule has 27 heavy (non-hydrogen) atoms. The van der Waals surface area contributed by atoms with Crippen molar-refractivity contribution in [2.75, 3.05) is 5.75 Å². The molecule has 1 amide bonds. The second-order valence-corrected chi connectivity index (χ2v) is 7.33. The normalized spacial score (nSPS) is 24.7. The third kappa shape index (κ3) is 3.43. The third-order valence-electron chi connectivity index (χ3n) is 4.60. The first-order valence-corrected chi connectivity index (χ1v) is 9.24. The zero-order chi connectivity index (χ0) is 19.7. The quantitative estimate of drug-likeness (QED) is 0.513. The number of fused-ring (bicyclic) bond motifs is 1. The number of carboxylic acid groups (broad SMARTS) is 1. The molecule has 8 nitrogen and oxygen atoms in total. The van der Waals surface area contributed by atoms with Crippen LogP contribution in [-0.4, -0.2) is 56.0 Å². The summed E-state index contributed by atoms with van der Waals surface area (Å²) in [7, 11) is 0. The average Bonchev–Trinajstić information content (AvgIpc) is 2.65. The van der Waals surface area contributed by atoms with Crippen molar-refractivity contribution in [2.45, 2.75) is 23.5 Å². The molecule has 1 aromatic rings. The van der Waals surface area contributed by atoms with Crippen LogP contribution in [0.1, 0.15) is 11.6 Å². The number of hydrogen-bond acceptors (Lipinski definition) is 7. The smallest absolute Gasteiger partial charge is 0.351 e. The molecular weight excluding hydrogens is 370 g/mol. The molecule has 0 spiro atoms. The van der Waals surface area contributed by atoms with Crippen molar-refractivity contribution in [3.8, 4) is 5.75 Å². The van der Waals surface area contributed by atoms with Gasteiger partial charge in [0.2, 0.25) is 5.91 Å². The van der Waals surface area contributed by atoms with Crippen molar-refractivity contribution in [3.05, 3.63) is 54.3 Å². The Morgan fingerprint density at radius 1 is 1.33 bits per heavy atom. The molecule has 2 heterocycles. The molecule has 0 bridgehead atoms. The maximum atomic E-state index is 12.6. The first-order chi connectivity index (χ1) is 12.8. The van der Waals surface area contributed by atoms with Gasteiger partial charge in [0.25, 0.3) is 0 Å². The van der Waals surface area contributed by atoms with Gasteiger partial charge < -0.3 is 26.2 Å². The minimum absolute atomic E-state index is 0.0484. The number of carboxylic acids is 1. The minimum atomic E-state index is -1.12. The number of carbonyl (C=O) groups excluding carboxylic acids is 2. The SMILES string of the molecule is C=CC(=O)C1[C@@H](NC(=O)[C@H](N)c2ccc(O)cc2)[C@H]2SCC=C(C(=O)O)N12. The largest absolute Gasteiger partial charge is 0.508 e. The Hall–Kier alpha value is -2.78. The predicted molar refractivity (Wildman–Crippen MR) is 99.8 cm³/mol. The number of nitrogens with zero attached hydrogens (tertiary/aromatic N) is 1. The molecule has 1 unspecified atom stereocenters. The standard InChI is InChI=1S/C18H19N3O5S/c1-2-12(23)15-14(17-21(15)11(18(25)26)7-8-27-17)20-16(24)13(19)9-3-5-10(22)6-4-9/h2-7,13-15,17,22H,1,8,19H2,(H,20,24)(H,25,26)/t13-,14-,15?,17-/m1/s1. The summed E-state index contributed by atoms with van der Waals surface area (Å²) < 4.78 is 0. The predicted octanol–water partition coefficient (Wildman–Crippen LogP) is 0.357. The van der Waals surface area contributed by atoms with Crippen LogP contribution in [0.4, 0.5) is 0 Å². The van der Waals surface area contributed by atoms with Crippen LogP contribution in [-0.2, 0) is 14.4 Å². The summed E-state index contributed by atoms with van der Waals surface area (Å²) in [5.74, 6) is -1.45. The zero-order valence-corrected chi connectivity index (χ0v) is 15.1. The second-order valence-electron chi connectivity index (χ2n) is 6.18. The molecule has 1 saturated heterocycles. The molecule has 0 saturated carbocycles. The summed E-state index contributed by atoms with van der Waals surface area (Å²) in [5, 5.41) is 21.1. The fraction of sp³-hybridized carbons (Fsp3) is 0.278. The fourth-order valence-electron chi connectivity index (χ4n) is 3.23. The first kappa shape index (κ1) is 19.0. The van der Waals surface area contributed by atoms with Gasteiger partial charge in [0.15, 0.2) is 5.78 Å². The van der Waals surface area contributed by atoms with Crippen LogP contribution in [0.3, 0.4) is 0 Å². The topological polar surface area (TPSA) is 133 Å². The summed E-state index contributed by atoms with van der Waals surface area (Å²) in [6.45, 7) is 3.46. The van der Waals surface area contributed by atoms with Crippen LogP contribution < -0.4 is 11.1 Å². The van der Waals surface area contributed by atoms with Gasteiger partial charge in [0.05, 0.1) is 11.4 Å². The highest BCUT2D eigenvalue weighted by atomic mass is 32.2. The van der Waals surface area contributed by atoms with E-state index in [0.717, 1.165) is 6.08 Å². The number of aliphatic carboxylic acids is 1. The van der Waals surface area contributed by atoms with Crippen LogP contribution >= 0.6 is 11.8 Å². The van der Waals surface area contributed by atoms with Crippen molar-refractivity contribution in [2.24, 2.45) is 5.73 Å². The molecule has 3 rings (SSSR count). The van der Waals surface area contributed by atoms with E-state index in [0.29, 0.717) is 11.3 Å². The van der Waals surface area contributed by atoms with Crippen LogP contribution in [0.5, 0.6) is 5.75 Å². The molecule has 4 atom stereocenters. The maximum Gasteiger partial charge on any atom is 0.351 e. The zero-order valence-electron chi connectivity index (χ0n) is 14.2. The molecule has 0 aliphatic carbocycles. The number of carbonyl (C=O) groups is 3. The van der Waals surface area contributed by atoms with E-state index in [1.54, 1.807) is 18.2 Å². The van der Waals surface area contributed by atoms with Gasteiger partial charge in [-0.3, -0.25) is 9.59 Å². The monoisotopic (exact) mass is 389 g/mol. The minimum Gasteiger partial charge on any atom is -0.508 e. The number of thioether (sulfide) groups is 1. The molecule has 142 valence electrons. The van der Waals surface area contributed by atoms with Crippen molar-refractivity contribution < 1.29 is 24.6 Å². The molecule has 2 aliphatic rings. The van der Waals surface area contributed by atoms with Gasteiger partial charge in [-0.1, -0.05) is 18.7 Å². The lowest BCUT2D eigenvalue weighted by Gasteiger charge is -2.56. The molecule has 0 radical (unpaired) electrons. The maximum absolute atomic E-state index is 12.6. The van der Waals surface area contributed by atoms with Crippen molar-refractivity contribution in [1.82, 2.24) is 10.2 Å². The van der Waals surface area contributed by atoms with Gasteiger partial charge in [-0.15, -0.1) is 11.8 Å². The van der Waals surface area contributed by atoms with Gasteiger partial charge in [0, 0.05) is 5.75 Å². The van der Waals surface area contributed by atoms with Gasteiger partial charge in [0.1, 0.15) is 23.5 Å². The van der Waals surface area contributed by atoms with E-state index in [-0.39, 0.29) is 22.6 Å². The summed E-state index contributed by atoms with van der Waals surface area (Å²) in [6.07, 6.45) is 2.67. The average molecular weight is 389 g/mol. The number of nitrogens with two attached hydrogens (primary N) is 1. The number of phenolic OH excluding ortho intramolecular Hbond substituents is 1. The highest BCUT2D eigenvalue weighted by Crippen LogP contribution is 2.41. The summed E-state index contributed by atoms with van der Waals surface area (Å²) >= 11 is 1.44. The number of aromatic hydroxyl groups is 1. The van der Waals surface area contributed by atoms with Crippen LogP contribution in [0.2, 0.25) is 0 Å². The van der Waals surface area contributed by atoms with Crippen LogP contribution in [0, 0.1) is 0 Å². The lowest BCUT2D eigenvalue weighted by Crippen LogP contribution is -2.75. The summed E-state index contributed by atoms with van der Waals surface area (Å²) in [5.41, 5.74) is 6.55. The molecule has 5 N–H and O–H groups in total. The number of hydrogen-bond donors (Lipinski definition) is 4. The fourth-order valence-corrected chi connectivity index (χ4v) is 4.51. The molecule has 1 aromatic carbocycles. The van der Waals surface area contributed by atoms with E-state index in [9.17, 15) is 24.6 Å². The highest BCUT2D eigenvalue weighted by Gasteiger charge is 2.55.